The van der Waals surface area contributed by atoms with Gasteiger partial charge in [-0.25, -0.2) is 13.4 Å². The molecular formula is C30H40N6O4S. The van der Waals surface area contributed by atoms with Crippen LogP contribution in [0.3, 0.4) is 0 Å². The number of anilines is 1. The van der Waals surface area contributed by atoms with E-state index in [0.717, 1.165) is 30.7 Å². The van der Waals surface area contributed by atoms with Gasteiger partial charge in [0, 0.05) is 37.0 Å². The van der Waals surface area contributed by atoms with Crippen molar-refractivity contribution in [2.75, 3.05) is 18.4 Å². The Morgan fingerprint density at radius 1 is 1.10 bits per heavy atom. The minimum Gasteiger partial charge on any atom is -0.348 e. The third-order valence-corrected chi connectivity index (χ3v) is 9.30. The third kappa shape index (κ3) is 7.59. The van der Waals surface area contributed by atoms with Gasteiger partial charge in [-0.15, -0.1) is 0 Å². The number of carbonyl (C=O) groups is 2. The van der Waals surface area contributed by atoms with Gasteiger partial charge >= 0.3 is 0 Å². The predicted molar refractivity (Wildman–Crippen MR) is 159 cm³/mol. The maximum atomic E-state index is 14.0. The van der Waals surface area contributed by atoms with Crippen LogP contribution < -0.4 is 10.0 Å². The van der Waals surface area contributed by atoms with Crippen molar-refractivity contribution in [1.29, 1.82) is 0 Å². The number of rotatable bonds is 12. The maximum absolute atomic E-state index is 14.0. The Kier molecular flexibility index (Phi) is 10.3. The second kappa shape index (κ2) is 13.9. The zero-order chi connectivity index (χ0) is 29.4. The van der Waals surface area contributed by atoms with Gasteiger partial charge in [0.15, 0.2) is 0 Å². The first-order chi connectivity index (χ1) is 19.7. The number of likely N-dealkylation sites (tertiary alicyclic amines) is 1. The van der Waals surface area contributed by atoms with Crippen LogP contribution in [0.1, 0.15) is 63.8 Å². The Hall–Kier alpha value is -3.57. The quantitative estimate of drug-likeness (QED) is 0.290. The molecule has 0 radical (unpaired) electrons. The molecule has 2 amide bonds. The maximum Gasteiger partial charge on any atom is 0.243 e. The molecule has 3 aromatic rings. The number of hydrogen-bond donors (Lipinski definition) is 3. The van der Waals surface area contributed by atoms with E-state index in [1.165, 1.54) is 6.07 Å². The van der Waals surface area contributed by atoms with Crippen molar-refractivity contribution in [2.45, 2.75) is 76.7 Å². The highest BCUT2D eigenvalue weighted by molar-refractivity contribution is 7.89. The van der Waals surface area contributed by atoms with Crippen molar-refractivity contribution in [2.24, 2.45) is 5.92 Å². The molecule has 1 saturated heterocycles. The van der Waals surface area contributed by atoms with E-state index in [1.807, 2.05) is 6.92 Å². The van der Waals surface area contributed by atoms with Crippen molar-refractivity contribution in [1.82, 2.24) is 24.6 Å². The Bertz CT molecular complexity index is 1430. The second-order valence-corrected chi connectivity index (χ2v) is 12.2. The Morgan fingerprint density at radius 2 is 1.88 bits per heavy atom. The fourth-order valence-electron chi connectivity index (χ4n) is 5.23. The van der Waals surface area contributed by atoms with Gasteiger partial charge in [-0.2, -0.15) is 4.72 Å². The first-order valence-corrected chi connectivity index (χ1v) is 15.9. The molecule has 3 heterocycles. The number of para-hydroxylation sites is 1. The van der Waals surface area contributed by atoms with E-state index in [-0.39, 0.29) is 28.8 Å². The summed E-state index contributed by atoms with van der Waals surface area (Å²) in [5.74, 6) is 0.0310. The zero-order valence-electron chi connectivity index (χ0n) is 24.0. The number of benzene rings is 1. The van der Waals surface area contributed by atoms with Crippen LogP contribution in [0.2, 0.25) is 0 Å². The SMILES string of the molecule is CCC(=O)Nc1c(-c2ccccn2)cccc1S(=O)(=O)NC(CCCc1nc[nH]c1C)C(=O)N1CCC(CC)CC1. The normalized spacial score (nSPS) is 15.0. The molecule has 4 rings (SSSR count). The minimum atomic E-state index is -4.23. The highest BCUT2D eigenvalue weighted by Gasteiger charge is 2.33. The van der Waals surface area contributed by atoms with Crippen LogP contribution in [0.5, 0.6) is 0 Å². The smallest absolute Gasteiger partial charge is 0.243 e. The van der Waals surface area contributed by atoms with Crippen molar-refractivity contribution in [3.05, 3.63) is 60.3 Å². The lowest BCUT2D eigenvalue weighted by molar-refractivity contribution is -0.134. The summed E-state index contributed by atoms with van der Waals surface area (Å²) >= 11 is 0. The third-order valence-electron chi connectivity index (χ3n) is 7.78. The molecule has 11 heteroatoms. The van der Waals surface area contributed by atoms with Crippen LogP contribution in [0.4, 0.5) is 5.69 Å². The fourth-order valence-corrected chi connectivity index (χ4v) is 6.63. The molecule has 1 fully saturated rings. The van der Waals surface area contributed by atoms with Gasteiger partial charge in [0.2, 0.25) is 21.8 Å². The van der Waals surface area contributed by atoms with E-state index in [1.54, 1.807) is 54.7 Å². The van der Waals surface area contributed by atoms with Gasteiger partial charge in [-0.1, -0.05) is 38.5 Å². The van der Waals surface area contributed by atoms with Crippen molar-refractivity contribution in [3.8, 4) is 11.3 Å². The number of nitrogens with one attached hydrogen (secondary N) is 3. The summed E-state index contributed by atoms with van der Waals surface area (Å²) < 4.78 is 30.7. The number of imidazole rings is 1. The van der Waals surface area contributed by atoms with E-state index in [2.05, 4.69) is 31.9 Å². The highest BCUT2D eigenvalue weighted by atomic mass is 32.2. The molecule has 2 aromatic heterocycles. The number of aromatic nitrogens is 3. The molecule has 0 spiro atoms. The largest absolute Gasteiger partial charge is 0.348 e. The lowest BCUT2D eigenvalue weighted by Gasteiger charge is -2.34. The summed E-state index contributed by atoms with van der Waals surface area (Å²) in [7, 11) is -4.23. The van der Waals surface area contributed by atoms with Crippen LogP contribution in [0.25, 0.3) is 11.3 Å². The van der Waals surface area contributed by atoms with Gasteiger partial charge in [-0.05, 0) is 63.1 Å². The molecule has 0 aliphatic carbocycles. The lowest BCUT2D eigenvalue weighted by atomic mass is 9.94. The Labute approximate surface area is 242 Å². The molecule has 1 aromatic carbocycles. The highest BCUT2D eigenvalue weighted by Crippen LogP contribution is 2.33. The van der Waals surface area contributed by atoms with Gasteiger partial charge in [-0.3, -0.25) is 14.6 Å². The number of carbonyl (C=O) groups excluding carboxylic acids is 2. The number of pyridine rings is 1. The number of aryl methyl sites for hydroxylation is 2. The number of sulfonamides is 1. The average Bonchev–Trinajstić information content (AvgIpc) is 3.40. The zero-order valence-corrected chi connectivity index (χ0v) is 24.8. The molecule has 41 heavy (non-hydrogen) atoms. The van der Waals surface area contributed by atoms with Gasteiger partial charge in [0.25, 0.3) is 0 Å². The van der Waals surface area contributed by atoms with Crippen molar-refractivity contribution in [3.63, 3.8) is 0 Å². The van der Waals surface area contributed by atoms with E-state index < -0.39 is 16.1 Å². The molecule has 220 valence electrons. The summed E-state index contributed by atoms with van der Waals surface area (Å²) in [6, 6.07) is 9.15. The van der Waals surface area contributed by atoms with E-state index in [9.17, 15) is 18.0 Å². The molecule has 0 saturated carbocycles. The van der Waals surface area contributed by atoms with Gasteiger partial charge in [0.1, 0.15) is 10.9 Å². The number of piperidine rings is 1. The van der Waals surface area contributed by atoms with E-state index >= 15 is 0 Å². The summed E-state index contributed by atoms with van der Waals surface area (Å²) in [5.41, 5.74) is 3.01. The monoisotopic (exact) mass is 580 g/mol. The topological polar surface area (TPSA) is 137 Å². The molecule has 0 bridgehead atoms. The van der Waals surface area contributed by atoms with Crippen LogP contribution in [-0.2, 0) is 26.0 Å². The van der Waals surface area contributed by atoms with Gasteiger partial charge < -0.3 is 15.2 Å². The Balaban J connectivity index is 1.64. The minimum absolute atomic E-state index is 0.104. The molecular weight excluding hydrogens is 540 g/mol. The number of nitrogens with zero attached hydrogens (tertiary/aromatic N) is 3. The summed E-state index contributed by atoms with van der Waals surface area (Å²) in [6.45, 7) is 7.01. The standard InChI is InChI=1S/C30H40N6O4S/c1-4-22-15-18-36(19-16-22)30(38)26(13-9-12-24-21(3)32-20-33-24)35-41(39,40)27-14-8-10-23(25-11-6-7-17-31-25)29(27)34-28(37)5-2/h6-8,10-11,14,17,20,22,26,35H,4-5,9,12-13,15-16,18-19H2,1-3H3,(H,32,33)(H,34,37). The number of amides is 2. The number of H-pyrrole nitrogens is 1. The van der Waals surface area contributed by atoms with Crippen LogP contribution in [0, 0.1) is 12.8 Å². The molecule has 1 aliphatic heterocycles. The first-order valence-electron chi connectivity index (χ1n) is 14.4. The molecule has 1 aliphatic rings. The van der Waals surface area contributed by atoms with E-state index in [0.29, 0.717) is 49.5 Å². The molecule has 10 nitrogen and oxygen atoms in total. The fraction of sp³-hybridized carbons (Fsp3) is 0.467. The van der Waals surface area contributed by atoms with Crippen molar-refractivity contribution < 1.29 is 18.0 Å². The summed E-state index contributed by atoms with van der Waals surface area (Å²) in [6.07, 6.45) is 7.81. The predicted octanol–water partition coefficient (Wildman–Crippen LogP) is 4.45. The van der Waals surface area contributed by atoms with Gasteiger partial charge in [0.05, 0.1) is 23.4 Å². The lowest BCUT2D eigenvalue weighted by Crippen LogP contribution is -2.50. The Morgan fingerprint density at radius 3 is 2.51 bits per heavy atom. The number of hydrogen-bond acceptors (Lipinski definition) is 6. The van der Waals surface area contributed by atoms with Crippen LogP contribution in [0.15, 0.2) is 53.8 Å². The summed E-state index contributed by atoms with van der Waals surface area (Å²) in [4.78, 5) is 39.7. The molecule has 3 N–H and O–H groups in total. The first kappa shape index (κ1) is 30.4. The average molecular weight is 581 g/mol. The second-order valence-electron chi connectivity index (χ2n) is 10.5. The molecule has 1 atom stereocenters. The van der Waals surface area contributed by atoms with E-state index in [4.69, 9.17) is 0 Å². The van der Waals surface area contributed by atoms with Crippen molar-refractivity contribution >= 4 is 27.5 Å². The number of aromatic amines is 1. The summed E-state index contributed by atoms with van der Waals surface area (Å²) in [5, 5.41) is 2.77. The molecule has 1 unspecified atom stereocenters. The van der Waals surface area contributed by atoms with Crippen LogP contribution in [-0.4, -0.2) is 59.2 Å². The van der Waals surface area contributed by atoms with Crippen LogP contribution >= 0.6 is 0 Å².